The van der Waals surface area contributed by atoms with Crippen molar-refractivity contribution in [3.05, 3.63) is 76.8 Å². The summed E-state index contributed by atoms with van der Waals surface area (Å²) in [4.78, 5) is 17.1. The second kappa shape index (κ2) is 6.05. The minimum Gasteiger partial charge on any atom is -0.444 e. The number of nitrogens with zero attached hydrogens (tertiary/aromatic N) is 3. The smallest absolute Gasteiger partial charge is 0.329 e. The van der Waals surface area contributed by atoms with Crippen LogP contribution in [0.15, 0.2) is 64.0 Å². The van der Waals surface area contributed by atoms with Crippen molar-refractivity contribution in [2.24, 2.45) is 0 Å². The summed E-state index contributed by atoms with van der Waals surface area (Å²) >= 11 is 0. The fraction of sp³-hybridized carbons (Fsp3) is 0.158. The van der Waals surface area contributed by atoms with Crippen LogP contribution in [0.3, 0.4) is 0 Å². The zero-order valence-electron chi connectivity index (χ0n) is 13.6. The molecule has 6 heteroatoms. The molecule has 0 bridgehead atoms. The van der Waals surface area contributed by atoms with Crippen molar-refractivity contribution in [2.75, 3.05) is 0 Å². The monoisotopic (exact) mass is 337 g/mol. The lowest BCUT2D eigenvalue weighted by atomic mass is 10.2. The van der Waals surface area contributed by atoms with E-state index in [1.165, 1.54) is 18.4 Å². The van der Waals surface area contributed by atoms with Gasteiger partial charge in [0.1, 0.15) is 12.1 Å². The highest BCUT2D eigenvalue weighted by molar-refractivity contribution is 5.76. The Bertz CT molecular complexity index is 1090. The highest BCUT2D eigenvalue weighted by Crippen LogP contribution is 2.20. The highest BCUT2D eigenvalue weighted by Gasteiger charge is 2.14. The fourth-order valence-electron chi connectivity index (χ4n) is 3.00. The van der Waals surface area contributed by atoms with Crippen LogP contribution in [0.1, 0.15) is 12.6 Å². The zero-order chi connectivity index (χ0) is 17.4. The van der Waals surface area contributed by atoms with Crippen molar-refractivity contribution < 1.29 is 8.81 Å². The van der Waals surface area contributed by atoms with Gasteiger partial charge in [-0.05, 0) is 43.3 Å². The lowest BCUT2D eigenvalue weighted by molar-refractivity contribution is 0.570. The number of oxazole rings is 1. The van der Waals surface area contributed by atoms with Gasteiger partial charge < -0.3 is 4.42 Å². The van der Waals surface area contributed by atoms with Gasteiger partial charge in [0.2, 0.25) is 5.89 Å². The molecule has 25 heavy (non-hydrogen) atoms. The Kier molecular flexibility index (Phi) is 3.72. The first-order valence-electron chi connectivity index (χ1n) is 8.06. The van der Waals surface area contributed by atoms with Crippen LogP contribution < -0.4 is 5.69 Å². The lowest BCUT2D eigenvalue weighted by Gasteiger charge is -1.99. The number of para-hydroxylation sites is 2. The van der Waals surface area contributed by atoms with Gasteiger partial charge in [-0.1, -0.05) is 12.1 Å². The van der Waals surface area contributed by atoms with E-state index in [2.05, 4.69) is 4.98 Å². The fourth-order valence-corrected chi connectivity index (χ4v) is 3.00. The van der Waals surface area contributed by atoms with Gasteiger partial charge in [0, 0.05) is 12.1 Å². The number of benzene rings is 2. The third kappa shape index (κ3) is 2.65. The van der Waals surface area contributed by atoms with Crippen LogP contribution in [0.25, 0.3) is 22.5 Å². The van der Waals surface area contributed by atoms with Gasteiger partial charge in [-0.15, -0.1) is 0 Å². The number of fused-ring (bicyclic) bond motifs is 1. The number of rotatable bonds is 4. The number of hydrogen-bond acceptors (Lipinski definition) is 3. The van der Waals surface area contributed by atoms with Crippen molar-refractivity contribution in [1.29, 1.82) is 0 Å². The minimum absolute atomic E-state index is 0.0740. The van der Waals surface area contributed by atoms with E-state index >= 15 is 0 Å². The summed E-state index contributed by atoms with van der Waals surface area (Å²) in [6, 6.07) is 13.6. The normalized spacial score (nSPS) is 11.3. The summed E-state index contributed by atoms with van der Waals surface area (Å²) in [5, 5.41) is 0. The van der Waals surface area contributed by atoms with E-state index in [-0.39, 0.29) is 11.5 Å². The van der Waals surface area contributed by atoms with Gasteiger partial charge in [-0.2, -0.15) is 0 Å². The van der Waals surface area contributed by atoms with E-state index in [0.29, 0.717) is 30.2 Å². The average Bonchev–Trinajstić information content (AvgIpc) is 3.19. The molecule has 0 aliphatic rings. The third-order valence-corrected chi connectivity index (χ3v) is 4.20. The summed E-state index contributed by atoms with van der Waals surface area (Å²) in [5.74, 6) is 0.0942. The summed E-state index contributed by atoms with van der Waals surface area (Å²) in [7, 11) is 0. The molecule has 0 saturated heterocycles. The van der Waals surface area contributed by atoms with E-state index in [1.807, 2.05) is 31.2 Å². The van der Waals surface area contributed by atoms with E-state index in [1.54, 1.807) is 21.3 Å². The molecule has 0 unspecified atom stereocenters. The first kappa shape index (κ1) is 15.4. The predicted octanol–water partition coefficient (Wildman–Crippen LogP) is 3.67. The van der Waals surface area contributed by atoms with Crippen molar-refractivity contribution in [2.45, 2.75) is 20.0 Å². The third-order valence-electron chi connectivity index (χ3n) is 4.20. The number of halogens is 1. The number of imidazole rings is 1. The van der Waals surface area contributed by atoms with Crippen molar-refractivity contribution in [1.82, 2.24) is 14.1 Å². The maximum absolute atomic E-state index is 13.0. The van der Waals surface area contributed by atoms with Crippen LogP contribution in [0.5, 0.6) is 0 Å². The lowest BCUT2D eigenvalue weighted by Crippen LogP contribution is -2.24. The van der Waals surface area contributed by atoms with E-state index in [4.69, 9.17) is 4.42 Å². The van der Waals surface area contributed by atoms with Crippen LogP contribution in [0, 0.1) is 5.82 Å². The van der Waals surface area contributed by atoms with Gasteiger partial charge in [-0.25, -0.2) is 14.2 Å². The number of aromatic nitrogens is 3. The van der Waals surface area contributed by atoms with Crippen LogP contribution in [0.2, 0.25) is 0 Å². The maximum atomic E-state index is 13.0. The van der Waals surface area contributed by atoms with E-state index in [0.717, 1.165) is 11.0 Å². The SMILES string of the molecule is CCn1c(=O)n(Cc2coc(-c3ccc(F)cc3)n2)c2ccccc21. The molecule has 2 heterocycles. The first-order chi connectivity index (χ1) is 12.2. The second-order valence-corrected chi connectivity index (χ2v) is 5.75. The number of hydrogen-bond donors (Lipinski definition) is 0. The molecule has 0 amide bonds. The summed E-state index contributed by atoms with van der Waals surface area (Å²) in [6.45, 7) is 2.87. The summed E-state index contributed by atoms with van der Waals surface area (Å²) in [6.07, 6.45) is 1.53. The van der Waals surface area contributed by atoms with Crippen LogP contribution in [-0.4, -0.2) is 14.1 Å². The molecule has 4 aromatic rings. The largest absolute Gasteiger partial charge is 0.444 e. The molecule has 0 aliphatic heterocycles. The minimum atomic E-state index is -0.311. The molecule has 0 fully saturated rings. The Morgan fingerprint density at radius 3 is 2.40 bits per heavy atom. The van der Waals surface area contributed by atoms with Crippen molar-refractivity contribution in [3.63, 3.8) is 0 Å². The Morgan fingerprint density at radius 1 is 1.04 bits per heavy atom. The molecule has 126 valence electrons. The molecule has 0 saturated carbocycles. The molecule has 0 N–H and O–H groups in total. The van der Waals surface area contributed by atoms with E-state index in [9.17, 15) is 9.18 Å². The van der Waals surface area contributed by atoms with Crippen LogP contribution in [-0.2, 0) is 13.1 Å². The van der Waals surface area contributed by atoms with Gasteiger partial charge in [0.25, 0.3) is 0 Å². The Morgan fingerprint density at radius 2 is 1.72 bits per heavy atom. The van der Waals surface area contributed by atoms with Crippen molar-refractivity contribution in [3.8, 4) is 11.5 Å². The van der Waals surface area contributed by atoms with Gasteiger partial charge >= 0.3 is 5.69 Å². The molecule has 2 aromatic heterocycles. The average molecular weight is 337 g/mol. The second-order valence-electron chi connectivity index (χ2n) is 5.75. The molecular weight excluding hydrogens is 321 g/mol. The Labute approximate surface area is 143 Å². The topological polar surface area (TPSA) is 53.0 Å². The van der Waals surface area contributed by atoms with Crippen molar-refractivity contribution >= 4 is 11.0 Å². The summed E-state index contributed by atoms with van der Waals surface area (Å²) < 4.78 is 21.9. The molecule has 0 aliphatic carbocycles. The molecule has 5 nitrogen and oxygen atoms in total. The highest BCUT2D eigenvalue weighted by atomic mass is 19.1. The summed E-state index contributed by atoms with van der Waals surface area (Å²) in [5.41, 5.74) is 3.02. The van der Waals surface area contributed by atoms with E-state index < -0.39 is 0 Å². The van der Waals surface area contributed by atoms with Gasteiger partial charge in [-0.3, -0.25) is 9.13 Å². The Hall–Kier alpha value is -3.15. The first-order valence-corrected chi connectivity index (χ1v) is 8.06. The predicted molar refractivity (Wildman–Crippen MR) is 92.9 cm³/mol. The molecule has 0 atom stereocenters. The standard InChI is InChI=1S/C19H16FN3O2/c1-2-22-16-5-3-4-6-17(16)23(19(22)24)11-15-12-25-18(21-15)13-7-9-14(20)10-8-13/h3-10,12H,2,11H2,1H3. The number of aryl methyl sites for hydroxylation is 1. The molecular formula is C19H16FN3O2. The van der Waals surface area contributed by atoms with Crippen LogP contribution in [0.4, 0.5) is 4.39 Å². The molecule has 0 radical (unpaired) electrons. The van der Waals surface area contributed by atoms with Gasteiger partial charge in [0.05, 0.1) is 23.3 Å². The zero-order valence-corrected chi connectivity index (χ0v) is 13.6. The van der Waals surface area contributed by atoms with Gasteiger partial charge in [0.15, 0.2) is 0 Å². The molecule has 2 aromatic carbocycles. The quantitative estimate of drug-likeness (QED) is 0.571. The molecule has 0 spiro atoms. The maximum Gasteiger partial charge on any atom is 0.329 e. The molecule has 4 rings (SSSR count). The Balaban J connectivity index is 1.72. The van der Waals surface area contributed by atoms with Crippen LogP contribution >= 0.6 is 0 Å².